The smallest absolute Gasteiger partial charge is 0.399 e. The fraction of sp³-hybridized carbons (Fsp3) is 0.333. The molecule has 0 heterocycles. The number of halogens is 3. The Morgan fingerprint density at radius 3 is 2.40 bits per heavy atom. The SMILES string of the molecule is CN(CC(F)(F)F)S(=O)(=O)c1cc(N)ccc1[N+](=O)[O-]. The van der Waals surface area contributed by atoms with Crippen molar-refractivity contribution in [2.24, 2.45) is 0 Å². The summed E-state index contributed by atoms with van der Waals surface area (Å²) in [7, 11) is -4.00. The Morgan fingerprint density at radius 1 is 1.40 bits per heavy atom. The number of nitrogen functional groups attached to an aromatic ring is 1. The van der Waals surface area contributed by atoms with Crippen molar-refractivity contribution in [2.45, 2.75) is 11.1 Å². The number of nitro benzene ring substituents is 1. The number of hydrogen-bond donors (Lipinski definition) is 1. The summed E-state index contributed by atoms with van der Waals surface area (Å²) in [6.07, 6.45) is -4.77. The Bertz CT molecular complexity index is 630. The lowest BCUT2D eigenvalue weighted by Crippen LogP contribution is -2.36. The van der Waals surface area contributed by atoms with Crippen LogP contribution in [0.3, 0.4) is 0 Å². The number of rotatable bonds is 4. The van der Waals surface area contributed by atoms with Crippen molar-refractivity contribution >= 4 is 21.4 Å². The van der Waals surface area contributed by atoms with Crippen LogP contribution >= 0.6 is 0 Å². The first-order valence-electron chi connectivity index (χ1n) is 5.02. The van der Waals surface area contributed by atoms with Crippen molar-refractivity contribution in [1.29, 1.82) is 0 Å². The lowest BCUT2D eigenvalue weighted by atomic mass is 10.3. The largest absolute Gasteiger partial charge is 0.402 e. The molecule has 1 aromatic carbocycles. The van der Waals surface area contributed by atoms with Gasteiger partial charge in [-0.1, -0.05) is 0 Å². The van der Waals surface area contributed by atoms with Crippen LogP contribution in [0.1, 0.15) is 0 Å². The topological polar surface area (TPSA) is 107 Å². The van der Waals surface area contributed by atoms with Crippen LogP contribution in [0.2, 0.25) is 0 Å². The second kappa shape index (κ2) is 5.25. The van der Waals surface area contributed by atoms with E-state index in [1.165, 1.54) is 0 Å². The van der Waals surface area contributed by atoms with Gasteiger partial charge in [0.05, 0.1) is 4.92 Å². The Balaban J connectivity index is 3.35. The van der Waals surface area contributed by atoms with E-state index in [9.17, 15) is 31.7 Å². The molecule has 11 heteroatoms. The van der Waals surface area contributed by atoms with Crippen LogP contribution < -0.4 is 5.73 Å². The molecule has 0 fully saturated rings. The minimum absolute atomic E-state index is 0.0191. The summed E-state index contributed by atoms with van der Waals surface area (Å²) in [5, 5.41) is 10.7. The predicted molar refractivity (Wildman–Crippen MR) is 63.4 cm³/mol. The van der Waals surface area contributed by atoms with Gasteiger partial charge in [-0.15, -0.1) is 0 Å². The fourth-order valence-corrected chi connectivity index (χ4v) is 2.74. The Kier molecular flexibility index (Phi) is 4.24. The van der Waals surface area contributed by atoms with Gasteiger partial charge in [0.15, 0.2) is 4.90 Å². The third-order valence-corrected chi connectivity index (χ3v) is 4.10. The van der Waals surface area contributed by atoms with E-state index in [0.29, 0.717) is 7.05 Å². The van der Waals surface area contributed by atoms with E-state index in [-0.39, 0.29) is 9.99 Å². The molecule has 112 valence electrons. The van der Waals surface area contributed by atoms with Gasteiger partial charge in [-0.3, -0.25) is 10.1 Å². The molecule has 0 radical (unpaired) electrons. The molecule has 0 saturated carbocycles. The van der Waals surface area contributed by atoms with Crippen LogP contribution in [-0.2, 0) is 10.0 Å². The van der Waals surface area contributed by atoms with Gasteiger partial charge in [0.2, 0.25) is 10.0 Å². The number of hydrogen-bond acceptors (Lipinski definition) is 5. The Hall–Kier alpha value is -1.88. The third kappa shape index (κ3) is 3.57. The van der Waals surface area contributed by atoms with Gasteiger partial charge in [-0.05, 0) is 12.1 Å². The summed E-state index contributed by atoms with van der Waals surface area (Å²) >= 11 is 0. The third-order valence-electron chi connectivity index (χ3n) is 2.27. The zero-order valence-corrected chi connectivity index (χ0v) is 10.9. The molecule has 0 unspecified atom stereocenters. The molecule has 0 atom stereocenters. The Labute approximate surface area is 112 Å². The fourth-order valence-electron chi connectivity index (χ4n) is 1.39. The molecule has 0 aliphatic rings. The van der Waals surface area contributed by atoms with Crippen molar-refractivity contribution in [3.8, 4) is 0 Å². The minimum Gasteiger partial charge on any atom is -0.399 e. The van der Waals surface area contributed by atoms with Gasteiger partial charge in [0.1, 0.15) is 6.54 Å². The van der Waals surface area contributed by atoms with Gasteiger partial charge in [0.25, 0.3) is 5.69 Å². The summed E-state index contributed by atoms with van der Waals surface area (Å²) in [6, 6.07) is 2.66. The number of benzene rings is 1. The molecule has 0 bridgehead atoms. The maximum absolute atomic E-state index is 12.2. The highest BCUT2D eigenvalue weighted by atomic mass is 32.2. The van der Waals surface area contributed by atoms with E-state index in [0.717, 1.165) is 18.2 Å². The summed E-state index contributed by atoms with van der Waals surface area (Å²) in [6.45, 7) is -1.76. The molecule has 1 rings (SSSR count). The molecule has 0 spiro atoms. The molecule has 0 aliphatic carbocycles. The van der Waals surface area contributed by atoms with Crippen molar-refractivity contribution in [3.63, 3.8) is 0 Å². The summed E-state index contributed by atoms with van der Waals surface area (Å²) in [5.41, 5.74) is 4.37. The first-order chi connectivity index (χ1) is 8.95. The van der Waals surface area contributed by atoms with Gasteiger partial charge >= 0.3 is 6.18 Å². The van der Waals surface area contributed by atoms with E-state index < -0.39 is 38.3 Å². The van der Waals surface area contributed by atoms with Gasteiger partial charge in [-0.2, -0.15) is 17.5 Å². The lowest BCUT2D eigenvalue weighted by molar-refractivity contribution is -0.387. The van der Waals surface area contributed by atoms with Crippen molar-refractivity contribution in [3.05, 3.63) is 28.3 Å². The minimum atomic E-state index is -4.77. The summed E-state index contributed by atoms with van der Waals surface area (Å²) in [5.74, 6) is 0. The molecular weight excluding hydrogens is 303 g/mol. The van der Waals surface area contributed by atoms with Gasteiger partial charge in [-0.25, -0.2) is 8.42 Å². The highest BCUT2D eigenvalue weighted by Crippen LogP contribution is 2.29. The second-order valence-corrected chi connectivity index (χ2v) is 5.87. The van der Waals surface area contributed by atoms with E-state index in [1.807, 2.05) is 0 Å². The number of nitrogens with two attached hydrogens (primary N) is 1. The van der Waals surface area contributed by atoms with Crippen molar-refractivity contribution in [1.82, 2.24) is 4.31 Å². The quantitative estimate of drug-likeness (QED) is 0.513. The van der Waals surface area contributed by atoms with Crippen LogP contribution in [0.15, 0.2) is 23.1 Å². The maximum atomic E-state index is 12.2. The van der Waals surface area contributed by atoms with Crippen LogP contribution in [0, 0.1) is 10.1 Å². The Morgan fingerprint density at radius 2 is 1.95 bits per heavy atom. The zero-order valence-electron chi connectivity index (χ0n) is 10.1. The molecule has 2 N–H and O–H groups in total. The normalized spacial score (nSPS) is 12.7. The van der Waals surface area contributed by atoms with Crippen LogP contribution in [0.25, 0.3) is 0 Å². The highest BCUT2D eigenvalue weighted by Gasteiger charge is 2.37. The molecule has 1 aromatic rings. The first-order valence-corrected chi connectivity index (χ1v) is 6.46. The summed E-state index contributed by atoms with van der Waals surface area (Å²) in [4.78, 5) is 8.86. The number of nitro groups is 1. The van der Waals surface area contributed by atoms with Crippen molar-refractivity contribution < 1.29 is 26.5 Å². The summed E-state index contributed by atoms with van der Waals surface area (Å²) < 4.78 is 60.6. The monoisotopic (exact) mass is 313 g/mol. The van der Waals surface area contributed by atoms with Gasteiger partial charge < -0.3 is 5.73 Å². The molecule has 0 amide bonds. The average Bonchev–Trinajstić information content (AvgIpc) is 2.25. The number of anilines is 1. The predicted octanol–water partition coefficient (Wildman–Crippen LogP) is 1.36. The second-order valence-electron chi connectivity index (χ2n) is 3.86. The van der Waals surface area contributed by atoms with Gasteiger partial charge in [0, 0.05) is 18.8 Å². The van der Waals surface area contributed by atoms with E-state index >= 15 is 0 Å². The molecule has 20 heavy (non-hydrogen) atoms. The van der Waals surface area contributed by atoms with E-state index in [4.69, 9.17) is 5.73 Å². The van der Waals surface area contributed by atoms with E-state index in [1.54, 1.807) is 0 Å². The molecule has 0 saturated heterocycles. The molecule has 7 nitrogen and oxygen atoms in total. The zero-order chi connectivity index (χ0) is 15.7. The molecule has 0 aromatic heterocycles. The number of alkyl halides is 3. The van der Waals surface area contributed by atoms with Crippen molar-refractivity contribution in [2.75, 3.05) is 19.3 Å². The average molecular weight is 313 g/mol. The highest BCUT2D eigenvalue weighted by molar-refractivity contribution is 7.89. The maximum Gasteiger partial charge on any atom is 0.402 e. The lowest BCUT2D eigenvalue weighted by Gasteiger charge is -2.18. The van der Waals surface area contributed by atoms with Crippen LogP contribution in [0.4, 0.5) is 24.5 Å². The molecule has 0 aliphatic heterocycles. The number of nitrogens with zero attached hydrogens (tertiary/aromatic N) is 2. The van der Waals surface area contributed by atoms with E-state index in [2.05, 4.69) is 0 Å². The molecular formula is C9H10F3N3O4S. The number of sulfonamides is 1. The van der Waals surface area contributed by atoms with Crippen LogP contribution in [0.5, 0.6) is 0 Å². The van der Waals surface area contributed by atoms with Crippen LogP contribution in [-0.4, -0.2) is 37.4 Å². The standard InChI is InChI=1S/C9H10F3N3O4S/c1-14(5-9(10,11)12)20(18,19)8-4-6(13)2-3-7(8)15(16)17/h2-4H,5,13H2,1H3. The first kappa shape index (κ1) is 16.2.